The van der Waals surface area contributed by atoms with E-state index in [1.807, 2.05) is 6.07 Å². The number of amides is 1. The summed E-state index contributed by atoms with van der Waals surface area (Å²) in [5.41, 5.74) is 0.262. The van der Waals surface area contributed by atoms with Crippen LogP contribution in [0.5, 0.6) is 11.5 Å². The summed E-state index contributed by atoms with van der Waals surface area (Å²) in [6, 6.07) is 8.76. The molecule has 2 rings (SSSR count). The fraction of sp³-hybridized carbons (Fsp3) is 0.188. The predicted molar refractivity (Wildman–Crippen MR) is 80.9 cm³/mol. The minimum Gasteiger partial charge on any atom is -0.422 e. The molecular formula is C16H15NO5. The number of carbonyl (C=O) groups is 3. The fourth-order valence-corrected chi connectivity index (χ4v) is 2.07. The zero-order valence-electron chi connectivity index (χ0n) is 12.4. The highest BCUT2D eigenvalue weighted by atomic mass is 16.6. The smallest absolute Gasteiger partial charge is 0.308 e. The van der Waals surface area contributed by atoms with Gasteiger partial charge in [0.2, 0.25) is 5.91 Å². The summed E-state index contributed by atoms with van der Waals surface area (Å²) in [4.78, 5) is 34.1. The number of esters is 2. The van der Waals surface area contributed by atoms with Crippen LogP contribution in [0.4, 0.5) is 5.69 Å². The number of anilines is 1. The lowest BCUT2D eigenvalue weighted by molar-refractivity contribution is -0.134. The summed E-state index contributed by atoms with van der Waals surface area (Å²) in [6.07, 6.45) is 0. The van der Waals surface area contributed by atoms with Gasteiger partial charge in [-0.25, -0.2) is 0 Å². The number of hydrogen-bond donors (Lipinski definition) is 1. The van der Waals surface area contributed by atoms with Gasteiger partial charge in [0.1, 0.15) is 0 Å². The van der Waals surface area contributed by atoms with Gasteiger partial charge in [-0.2, -0.15) is 0 Å². The van der Waals surface area contributed by atoms with Gasteiger partial charge in [0.05, 0.1) is 5.69 Å². The first kappa shape index (κ1) is 15.5. The molecule has 0 unspecified atom stereocenters. The molecule has 0 aromatic heterocycles. The van der Waals surface area contributed by atoms with Crippen LogP contribution in [-0.2, 0) is 14.4 Å². The largest absolute Gasteiger partial charge is 0.422 e. The molecule has 0 bridgehead atoms. The molecule has 0 aliphatic heterocycles. The standard InChI is InChI=1S/C16H15NO5/c1-9(18)17-14-8-12-6-4-5-7-13(12)15(21-10(2)19)16(14)22-11(3)20/h4-8H,1-3H3,(H,17,18). The topological polar surface area (TPSA) is 81.7 Å². The molecular weight excluding hydrogens is 286 g/mol. The van der Waals surface area contributed by atoms with Crippen LogP contribution in [-0.4, -0.2) is 17.8 Å². The van der Waals surface area contributed by atoms with Crippen LogP contribution < -0.4 is 14.8 Å². The summed E-state index contributed by atoms with van der Waals surface area (Å²) < 4.78 is 10.4. The normalized spacial score (nSPS) is 10.1. The Morgan fingerprint density at radius 2 is 1.50 bits per heavy atom. The second-order valence-corrected chi connectivity index (χ2v) is 4.67. The molecule has 0 fully saturated rings. The van der Waals surface area contributed by atoms with E-state index in [-0.39, 0.29) is 23.1 Å². The van der Waals surface area contributed by atoms with Crippen LogP contribution in [0.25, 0.3) is 10.8 Å². The van der Waals surface area contributed by atoms with Crippen molar-refractivity contribution in [1.82, 2.24) is 0 Å². The number of benzene rings is 2. The minimum absolute atomic E-state index is 0.0107. The van der Waals surface area contributed by atoms with E-state index in [2.05, 4.69) is 5.32 Å². The summed E-state index contributed by atoms with van der Waals surface area (Å²) in [5, 5.41) is 3.91. The Hall–Kier alpha value is -2.89. The number of fused-ring (bicyclic) bond motifs is 1. The third-order valence-corrected chi connectivity index (χ3v) is 2.76. The highest BCUT2D eigenvalue weighted by Crippen LogP contribution is 2.42. The van der Waals surface area contributed by atoms with Crippen molar-refractivity contribution in [2.75, 3.05) is 5.32 Å². The summed E-state index contributed by atoms with van der Waals surface area (Å²) >= 11 is 0. The van der Waals surface area contributed by atoms with Crippen LogP contribution in [0.2, 0.25) is 0 Å². The van der Waals surface area contributed by atoms with Crippen LogP contribution in [0, 0.1) is 0 Å². The molecule has 0 spiro atoms. The highest BCUT2D eigenvalue weighted by molar-refractivity contribution is 6.01. The Labute approximate surface area is 127 Å². The van der Waals surface area contributed by atoms with Crippen molar-refractivity contribution in [2.45, 2.75) is 20.8 Å². The maximum absolute atomic E-state index is 11.4. The Kier molecular flexibility index (Phi) is 4.41. The molecule has 6 nitrogen and oxygen atoms in total. The van der Waals surface area contributed by atoms with Crippen molar-refractivity contribution in [3.63, 3.8) is 0 Å². The lowest BCUT2D eigenvalue weighted by atomic mass is 10.1. The summed E-state index contributed by atoms with van der Waals surface area (Å²) in [7, 11) is 0. The van der Waals surface area contributed by atoms with E-state index in [0.717, 1.165) is 5.39 Å². The van der Waals surface area contributed by atoms with Gasteiger partial charge in [0.25, 0.3) is 0 Å². The van der Waals surface area contributed by atoms with Crippen molar-refractivity contribution in [2.24, 2.45) is 0 Å². The third-order valence-electron chi connectivity index (χ3n) is 2.76. The molecule has 0 aliphatic carbocycles. The van der Waals surface area contributed by atoms with Crippen molar-refractivity contribution in [1.29, 1.82) is 0 Å². The summed E-state index contributed by atoms with van der Waals surface area (Å²) in [6.45, 7) is 3.81. The molecule has 0 saturated carbocycles. The SMILES string of the molecule is CC(=O)Nc1cc2ccccc2c(OC(C)=O)c1OC(C)=O. The van der Waals surface area contributed by atoms with Crippen LogP contribution >= 0.6 is 0 Å². The number of carbonyl (C=O) groups excluding carboxylic acids is 3. The maximum Gasteiger partial charge on any atom is 0.308 e. The van der Waals surface area contributed by atoms with Gasteiger partial charge in [-0.05, 0) is 11.5 Å². The quantitative estimate of drug-likeness (QED) is 0.696. The van der Waals surface area contributed by atoms with E-state index < -0.39 is 11.9 Å². The van der Waals surface area contributed by atoms with E-state index in [4.69, 9.17) is 9.47 Å². The van der Waals surface area contributed by atoms with Crippen molar-refractivity contribution in [3.8, 4) is 11.5 Å². The molecule has 114 valence electrons. The monoisotopic (exact) mass is 301 g/mol. The first-order chi connectivity index (χ1) is 10.4. The number of nitrogens with one attached hydrogen (secondary N) is 1. The molecule has 0 saturated heterocycles. The van der Waals surface area contributed by atoms with Gasteiger partial charge in [0, 0.05) is 26.2 Å². The summed E-state index contributed by atoms with van der Waals surface area (Å²) in [5.74, 6) is -1.37. The molecule has 0 radical (unpaired) electrons. The van der Waals surface area contributed by atoms with Gasteiger partial charge >= 0.3 is 11.9 Å². The lowest BCUT2D eigenvalue weighted by Crippen LogP contribution is -2.12. The van der Waals surface area contributed by atoms with Gasteiger partial charge in [-0.1, -0.05) is 24.3 Å². The Balaban J connectivity index is 2.76. The van der Waals surface area contributed by atoms with E-state index in [1.54, 1.807) is 24.3 Å². The Morgan fingerprint density at radius 1 is 0.909 bits per heavy atom. The van der Waals surface area contributed by atoms with E-state index in [9.17, 15) is 14.4 Å². The van der Waals surface area contributed by atoms with Gasteiger partial charge in [-0.3, -0.25) is 14.4 Å². The minimum atomic E-state index is -0.588. The molecule has 0 heterocycles. The third kappa shape index (κ3) is 3.41. The average Bonchev–Trinajstić information content (AvgIpc) is 2.41. The van der Waals surface area contributed by atoms with Gasteiger partial charge in [0.15, 0.2) is 11.5 Å². The zero-order valence-corrected chi connectivity index (χ0v) is 12.4. The van der Waals surface area contributed by atoms with Gasteiger partial charge < -0.3 is 14.8 Å². The highest BCUT2D eigenvalue weighted by Gasteiger charge is 2.20. The zero-order chi connectivity index (χ0) is 16.3. The molecule has 6 heteroatoms. The first-order valence-corrected chi connectivity index (χ1v) is 6.58. The van der Waals surface area contributed by atoms with Crippen LogP contribution in [0.1, 0.15) is 20.8 Å². The lowest BCUT2D eigenvalue weighted by Gasteiger charge is -2.16. The second-order valence-electron chi connectivity index (χ2n) is 4.67. The first-order valence-electron chi connectivity index (χ1n) is 6.58. The molecule has 2 aromatic rings. The molecule has 1 N–H and O–H groups in total. The Morgan fingerprint density at radius 3 is 2.09 bits per heavy atom. The van der Waals surface area contributed by atoms with Crippen molar-refractivity contribution < 1.29 is 23.9 Å². The van der Waals surface area contributed by atoms with Crippen molar-refractivity contribution >= 4 is 34.3 Å². The molecule has 0 aliphatic rings. The number of ether oxygens (including phenoxy) is 2. The maximum atomic E-state index is 11.4. The van der Waals surface area contributed by atoms with Crippen LogP contribution in [0.3, 0.4) is 0 Å². The fourth-order valence-electron chi connectivity index (χ4n) is 2.07. The van der Waals surface area contributed by atoms with Gasteiger partial charge in [-0.15, -0.1) is 0 Å². The second kappa shape index (κ2) is 6.26. The Bertz CT molecular complexity index is 766. The molecule has 22 heavy (non-hydrogen) atoms. The number of hydrogen-bond acceptors (Lipinski definition) is 5. The molecule has 2 aromatic carbocycles. The van der Waals surface area contributed by atoms with Crippen molar-refractivity contribution in [3.05, 3.63) is 30.3 Å². The molecule has 1 amide bonds. The predicted octanol–water partition coefficient (Wildman–Crippen LogP) is 2.65. The van der Waals surface area contributed by atoms with E-state index in [0.29, 0.717) is 5.39 Å². The van der Waals surface area contributed by atoms with Crippen LogP contribution in [0.15, 0.2) is 30.3 Å². The molecule has 0 atom stereocenters. The average molecular weight is 301 g/mol. The van der Waals surface area contributed by atoms with E-state index in [1.165, 1.54) is 20.8 Å². The number of rotatable bonds is 3. The van der Waals surface area contributed by atoms with E-state index >= 15 is 0 Å².